The van der Waals surface area contributed by atoms with E-state index in [1.54, 1.807) is 19.2 Å². The van der Waals surface area contributed by atoms with E-state index in [-0.39, 0.29) is 11.7 Å². The van der Waals surface area contributed by atoms with Crippen LogP contribution >= 0.6 is 0 Å². The topological polar surface area (TPSA) is 64.7 Å². The molecular formula is C17H21NO3. The number of benzene rings is 2. The number of nitrogens with two attached hydrogens (primary N) is 1. The molecule has 0 spiro atoms. The third-order valence-electron chi connectivity index (χ3n) is 3.60. The van der Waals surface area contributed by atoms with E-state index in [9.17, 15) is 5.11 Å². The molecule has 2 aromatic carbocycles. The SMILES string of the molecule is COc1ccc(C(CN)Cc2ccc(OC)c(O)c2)cc1. The number of methoxy groups -OCH3 is 2. The van der Waals surface area contributed by atoms with E-state index in [0.717, 1.165) is 23.3 Å². The van der Waals surface area contributed by atoms with E-state index in [0.29, 0.717) is 12.3 Å². The van der Waals surface area contributed by atoms with E-state index in [1.165, 1.54) is 7.11 Å². The lowest BCUT2D eigenvalue weighted by Gasteiger charge is -2.16. The quantitative estimate of drug-likeness (QED) is 0.857. The largest absolute Gasteiger partial charge is 0.504 e. The summed E-state index contributed by atoms with van der Waals surface area (Å²) in [5, 5.41) is 9.84. The fourth-order valence-electron chi connectivity index (χ4n) is 2.36. The zero-order valence-corrected chi connectivity index (χ0v) is 12.4. The summed E-state index contributed by atoms with van der Waals surface area (Å²) in [6.07, 6.45) is 0.764. The van der Waals surface area contributed by atoms with Crippen LogP contribution in [0.3, 0.4) is 0 Å². The van der Waals surface area contributed by atoms with Crippen molar-refractivity contribution in [1.29, 1.82) is 0 Å². The third-order valence-corrected chi connectivity index (χ3v) is 3.60. The first-order chi connectivity index (χ1) is 10.2. The summed E-state index contributed by atoms with van der Waals surface area (Å²) in [5.74, 6) is 1.66. The smallest absolute Gasteiger partial charge is 0.160 e. The van der Waals surface area contributed by atoms with Crippen molar-refractivity contribution in [2.24, 2.45) is 5.73 Å². The average molecular weight is 287 g/mol. The molecular weight excluding hydrogens is 266 g/mol. The Morgan fingerprint density at radius 2 is 1.76 bits per heavy atom. The summed E-state index contributed by atoms with van der Waals surface area (Å²) >= 11 is 0. The van der Waals surface area contributed by atoms with Crippen molar-refractivity contribution in [3.63, 3.8) is 0 Å². The van der Waals surface area contributed by atoms with Crippen molar-refractivity contribution < 1.29 is 14.6 Å². The molecule has 0 bridgehead atoms. The Hall–Kier alpha value is -2.20. The number of hydrogen-bond donors (Lipinski definition) is 2. The lowest BCUT2D eigenvalue weighted by Crippen LogP contribution is -2.15. The molecule has 1 unspecified atom stereocenters. The van der Waals surface area contributed by atoms with E-state index in [1.807, 2.05) is 30.3 Å². The van der Waals surface area contributed by atoms with E-state index >= 15 is 0 Å². The second-order valence-electron chi connectivity index (χ2n) is 4.92. The Balaban J connectivity index is 2.16. The predicted molar refractivity (Wildman–Crippen MR) is 83.2 cm³/mol. The molecule has 0 aromatic heterocycles. The number of hydrogen-bond acceptors (Lipinski definition) is 4. The van der Waals surface area contributed by atoms with Crippen LogP contribution in [0.1, 0.15) is 17.0 Å². The molecule has 21 heavy (non-hydrogen) atoms. The molecule has 0 aliphatic heterocycles. The maximum atomic E-state index is 9.84. The molecule has 2 rings (SSSR count). The summed E-state index contributed by atoms with van der Waals surface area (Å²) in [7, 11) is 3.18. The van der Waals surface area contributed by atoms with Crippen LogP contribution in [0, 0.1) is 0 Å². The van der Waals surface area contributed by atoms with Crippen molar-refractivity contribution in [2.45, 2.75) is 12.3 Å². The number of phenols is 1. The van der Waals surface area contributed by atoms with Gasteiger partial charge in [0, 0.05) is 5.92 Å². The average Bonchev–Trinajstić information content (AvgIpc) is 2.53. The highest BCUT2D eigenvalue weighted by atomic mass is 16.5. The number of aromatic hydroxyl groups is 1. The second kappa shape index (κ2) is 6.99. The van der Waals surface area contributed by atoms with Gasteiger partial charge in [-0.25, -0.2) is 0 Å². The lowest BCUT2D eigenvalue weighted by molar-refractivity contribution is 0.373. The molecule has 4 nitrogen and oxygen atoms in total. The highest BCUT2D eigenvalue weighted by Gasteiger charge is 2.12. The first-order valence-corrected chi connectivity index (χ1v) is 6.87. The van der Waals surface area contributed by atoms with Crippen LogP contribution in [0.25, 0.3) is 0 Å². The minimum absolute atomic E-state index is 0.153. The molecule has 2 aromatic rings. The summed E-state index contributed by atoms with van der Waals surface area (Å²) < 4.78 is 10.2. The Labute approximate surface area is 125 Å². The zero-order valence-electron chi connectivity index (χ0n) is 12.4. The molecule has 112 valence electrons. The first kappa shape index (κ1) is 15.2. The van der Waals surface area contributed by atoms with Gasteiger partial charge in [0.05, 0.1) is 14.2 Å². The first-order valence-electron chi connectivity index (χ1n) is 6.87. The molecule has 0 amide bonds. The Bertz CT molecular complexity index is 581. The number of phenolic OH excluding ortho intramolecular Hbond substituents is 1. The molecule has 3 N–H and O–H groups in total. The van der Waals surface area contributed by atoms with Gasteiger partial charge in [-0.1, -0.05) is 18.2 Å². The standard InChI is InChI=1S/C17H21NO3/c1-20-15-6-4-13(5-7-15)14(11-18)9-12-3-8-17(21-2)16(19)10-12/h3-8,10,14,19H,9,11,18H2,1-2H3. The highest BCUT2D eigenvalue weighted by Crippen LogP contribution is 2.29. The fraction of sp³-hybridized carbons (Fsp3) is 0.294. The summed E-state index contributed by atoms with van der Waals surface area (Å²) in [5.41, 5.74) is 8.09. The van der Waals surface area contributed by atoms with Gasteiger partial charge < -0.3 is 20.3 Å². The number of rotatable bonds is 6. The van der Waals surface area contributed by atoms with E-state index in [4.69, 9.17) is 15.2 Å². The van der Waals surface area contributed by atoms with Crippen molar-refractivity contribution in [3.8, 4) is 17.2 Å². The van der Waals surface area contributed by atoms with Gasteiger partial charge in [0.25, 0.3) is 0 Å². The van der Waals surface area contributed by atoms with Gasteiger partial charge in [-0.2, -0.15) is 0 Å². The molecule has 4 heteroatoms. The Kier molecular flexibility index (Phi) is 5.06. The maximum absolute atomic E-state index is 9.84. The minimum atomic E-state index is 0.153. The highest BCUT2D eigenvalue weighted by molar-refractivity contribution is 5.42. The van der Waals surface area contributed by atoms with Gasteiger partial charge in [-0.05, 0) is 48.4 Å². The molecule has 0 fully saturated rings. The van der Waals surface area contributed by atoms with Crippen LogP contribution < -0.4 is 15.2 Å². The molecule has 0 saturated carbocycles. The van der Waals surface area contributed by atoms with Crippen LogP contribution in [0.5, 0.6) is 17.2 Å². The van der Waals surface area contributed by atoms with Crippen LogP contribution in [0.15, 0.2) is 42.5 Å². The lowest BCUT2D eigenvalue weighted by atomic mass is 9.92. The van der Waals surface area contributed by atoms with Gasteiger partial charge in [-0.15, -0.1) is 0 Å². The summed E-state index contributed by atoms with van der Waals surface area (Å²) in [6, 6.07) is 13.4. The molecule has 0 saturated heterocycles. The molecule has 0 heterocycles. The molecule has 0 aliphatic carbocycles. The van der Waals surface area contributed by atoms with Crippen LogP contribution in [-0.4, -0.2) is 25.9 Å². The Morgan fingerprint density at radius 1 is 1.05 bits per heavy atom. The molecule has 1 atom stereocenters. The third kappa shape index (κ3) is 3.67. The van der Waals surface area contributed by atoms with Gasteiger partial charge in [0.1, 0.15) is 5.75 Å². The van der Waals surface area contributed by atoms with Crippen LogP contribution in [-0.2, 0) is 6.42 Å². The van der Waals surface area contributed by atoms with Gasteiger partial charge in [0.2, 0.25) is 0 Å². The van der Waals surface area contributed by atoms with Crippen molar-refractivity contribution in [3.05, 3.63) is 53.6 Å². The zero-order chi connectivity index (χ0) is 15.2. The summed E-state index contributed by atoms with van der Waals surface area (Å²) in [4.78, 5) is 0. The Morgan fingerprint density at radius 3 is 2.29 bits per heavy atom. The van der Waals surface area contributed by atoms with Crippen molar-refractivity contribution >= 4 is 0 Å². The van der Waals surface area contributed by atoms with E-state index in [2.05, 4.69) is 0 Å². The van der Waals surface area contributed by atoms with Crippen molar-refractivity contribution in [1.82, 2.24) is 0 Å². The van der Waals surface area contributed by atoms with Crippen LogP contribution in [0.2, 0.25) is 0 Å². The second-order valence-corrected chi connectivity index (χ2v) is 4.92. The summed E-state index contributed by atoms with van der Waals surface area (Å²) in [6.45, 7) is 0.541. The van der Waals surface area contributed by atoms with Crippen molar-refractivity contribution in [2.75, 3.05) is 20.8 Å². The monoisotopic (exact) mass is 287 g/mol. The number of ether oxygens (including phenoxy) is 2. The fourth-order valence-corrected chi connectivity index (χ4v) is 2.36. The normalized spacial score (nSPS) is 12.0. The molecule has 0 aliphatic rings. The maximum Gasteiger partial charge on any atom is 0.160 e. The van der Waals surface area contributed by atoms with Gasteiger partial charge in [-0.3, -0.25) is 0 Å². The van der Waals surface area contributed by atoms with Crippen LogP contribution in [0.4, 0.5) is 0 Å². The van der Waals surface area contributed by atoms with E-state index < -0.39 is 0 Å². The van der Waals surface area contributed by atoms with Gasteiger partial charge >= 0.3 is 0 Å². The van der Waals surface area contributed by atoms with Gasteiger partial charge in [0.15, 0.2) is 11.5 Å². The molecule has 0 radical (unpaired) electrons. The predicted octanol–water partition coefficient (Wildman–Crippen LogP) is 2.69. The minimum Gasteiger partial charge on any atom is -0.504 e.